The van der Waals surface area contributed by atoms with Crippen LogP contribution in [0.2, 0.25) is 0 Å². The third-order valence-electron chi connectivity index (χ3n) is 2.92. The molecule has 5 heteroatoms. The normalized spacial score (nSPS) is 25.0. The van der Waals surface area contributed by atoms with Gasteiger partial charge in [0.1, 0.15) is 12.0 Å². The van der Waals surface area contributed by atoms with Crippen LogP contribution < -0.4 is 0 Å². The summed E-state index contributed by atoms with van der Waals surface area (Å²) in [5, 5.41) is 0.744. The van der Waals surface area contributed by atoms with Crippen LogP contribution in [-0.2, 0) is 4.74 Å². The summed E-state index contributed by atoms with van der Waals surface area (Å²) in [6.07, 6.45) is 1.59. The van der Waals surface area contributed by atoms with Gasteiger partial charge in [-0.3, -0.25) is 4.79 Å². The highest BCUT2D eigenvalue weighted by Gasteiger charge is 2.30. The van der Waals surface area contributed by atoms with Gasteiger partial charge in [0, 0.05) is 11.9 Å². The Morgan fingerprint density at radius 1 is 1.65 bits per heavy atom. The zero-order valence-corrected chi connectivity index (χ0v) is 11.6. The van der Waals surface area contributed by atoms with Gasteiger partial charge in [-0.15, -0.1) is 0 Å². The Morgan fingerprint density at radius 2 is 2.41 bits per heavy atom. The summed E-state index contributed by atoms with van der Waals surface area (Å²) in [4.78, 5) is 14.1. The molecule has 17 heavy (non-hydrogen) atoms. The molecule has 94 valence electrons. The van der Waals surface area contributed by atoms with E-state index < -0.39 is 0 Å². The number of rotatable bonds is 2. The fourth-order valence-electron chi connectivity index (χ4n) is 1.92. The second kappa shape index (κ2) is 5.23. The average molecular weight is 302 g/mol. The SMILES string of the molecule is Cc1cc(C(=O)N2CC(CBr)OCC2C)co1. The van der Waals surface area contributed by atoms with Gasteiger partial charge in [0.25, 0.3) is 5.91 Å². The Bertz CT molecular complexity index is 404. The summed E-state index contributed by atoms with van der Waals surface area (Å²) < 4.78 is 10.8. The Morgan fingerprint density at radius 3 is 3.00 bits per heavy atom. The minimum absolute atomic E-state index is 0.0172. The molecule has 2 rings (SSSR count). The molecule has 0 radical (unpaired) electrons. The van der Waals surface area contributed by atoms with Crippen LogP contribution in [0.4, 0.5) is 0 Å². The van der Waals surface area contributed by atoms with Gasteiger partial charge in [-0.05, 0) is 19.9 Å². The summed E-state index contributed by atoms with van der Waals surface area (Å²) in [7, 11) is 0. The first-order valence-electron chi connectivity index (χ1n) is 5.65. The number of carbonyl (C=O) groups excluding carboxylic acids is 1. The molecule has 1 aliphatic heterocycles. The molecular formula is C12H16BrNO3. The van der Waals surface area contributed by atoms with Crippen molar-refractivity contribution in [1.29, 1.82) is 0 Å². The zero-order valence-electron chi connectivity index (χ0n) is 9.98. The second-order valence-electron chi connectivity index (χ2n) is 4.36. The van der Waals surface area contributed by atoms with Gasteiger partial charge in [-0.25, -0.2) is 0 Å². The lowest BCUT2D eigenvalue weighted by Gasteiger charge is -2.37. The molecule has 1 saturated heterocycles. The molecule has 0 aromatic carbocycles. The van der Waals surface area contributed by atoms with Crippen molar-refractivity contribution >= 4 is 21.8 Å². The van der Waals surface area contributed by atoms with Crippen molar-refractivity contribution in [3.63, 3.8) is 0 Å². The molecule has 1 amide bonds. The van der Waals surface area contributed by atoms with Crippen LogP contribution in [0.3, 0.4) is 0 Å². The Kier molecular flexibility index (Phi) is 3.89. The maximum absolute atomic E-state index is 12.3. The number of nitrogens with zero attached hydrogens (tertiary/aromatic N) is 1. The number of amides is 1. The van der Waals surface area contributed by atoms with Gasteiger partial charge < -0.3 is 14.1 Å². The molecule has 1 aromatic heterocycles. The van der Waals surface area contributed by atoms with E-state index in [4.69, 9.17) is 9.15 Å². The molecule has 0 N–H and O–H groups in total. The molecule has 0 spiro atoms. The average Bonchev–Trinajstić information content (AvgIpc) is 2.76. The summed E-state index contributed by atoms with van der Waals surface area (Å²) in [5.74, 6) is 0.773. The number of carbonyl (C=O) groups is 1. The van der Waals surface area contributed by atoms with Crippen LogP contribution in [0.5, 0.6) is 0 Å². The molecule has 2 atom stereocenters. The molecule has 0 saturated carbocycles. The van der Waals surface area contributed by atoms with E-state index in [0.717, 1.165) is 11.1 Å². The van der Waals surface area contributed by atoms with Crippen LogP contribution in [0.1, 0.15) is 23.0 Å². The van der Waals surface area contributed by atoms with E-state index in [1.54, 1.807) is 6.07 Å². The highest BCUT2D eigenvalue weighted by molar-refractivity contribution is 9.09. The van der Waals surface area contributed by atoms with Gasteiger partial charge >= 0.3 is 0 Å². The van der Waals surface area contributed by atoms with Gasteiger partial charge in [0.2, 0.25) is 0 Å². The number of aryl methyl sites for hydroxylation is 1. The Balaban J connectivity index is 2.12. The number of alkyl halides is 1. The zero-order chi connectivity index (χ0) is 12.4. The number of morpholine rings is 1. The number of hydrogen-bond donors (Lipinski definition) is 0. The van der Waals surface area contributed by atoms with Crippen LogP contribution in [0.25, 0.3) is 0 Å². The second-order valence-corrected chi connectivity index (χ2v) is 5.01. The molecular weight excluding hydrogens is 286 g/mol. The van der Waals surface area contributed by atoms with Crippen LogP contribution in [0.15, 0.2) is 16.7 Å². The van der Waals surface area contributed by atoms with Crippen molar-refractivity contribution in [2.24, 2.45) is 0 Å². The minimum Gasteiger partial charge on any atom is -0.469 e. The summed E-state index contributed by atoms with van der Waals surface area (Å²) in [5.41, 5.74) is 0.615. The van der Waals surface area contributed by atoms with Crippen molar-refractivity contribution < 1.29 is 13.9 Å². The van der Waals surface area contributed by atoms with Gasteiger partial charge in [-0.2, -0.15) is 0 Å². The van der Waals surface area contributed by atoms with Crippen molar-refractivity contribution in [1.82, 2.24) is 4.90 Å². The predicted octanol–water partition coefficient (Wildman–Crippen LogP) is 2.21. The monoisotopic (exact) mass is 301 g/mol. The third kappa shape index (κ3) is 2.72. The summed E-state index contributed by atoms with van der Waals surface area (Å²) >= 11 is 3.39. The standard InChI is InChI=1S/C12H16BrNO3/c1-8-6-17-11(4-13)5-14(8)12(15)10-3-9(2)16-7-10/h3,7-8,11H,4-6H2,1-2H3. The molecule has 0 aliphatic carbocycles. The molecule has 1 aromatic rings. The predicted molar refractivity (Wildman–Crippen MR) is 67.5 cm³/mol. The molecule has 1 aliphatic rings. The van der Waals surface area contributed by atoms with Crippen LogP contribution in [-0.4, -0.2) is 41.4 Å². The fourth-order valence-corrected chi connectivity index (χ4v) is 2.31. The van der Waals surface area contributed by atoms with Crippen molar-refractivity contribution in [2.45, 2.75) is 26.0 Å². The van der Waals surface area contributed by atoms with E-state index in [9.17, 15) is 4.79 Å². The first kappa shape index (κ1) is 12.6. The first-order chi connectivity index (χ1) is 8.11. The molecule has 0 bridgehead atoms. The van der Waals surface area contributed by atoms with E-state index in [0.29, 0.717) is 18.7 Å². The van der Waals surface area contributed by atoms with Crippen molar-refractivity contribution in [2.75, 3.05) is 18.5 Å². The summed E-state index contributed by atoms with van der Waals surface area (Å²) in [6.45, 7) is 5.03. The van der Waals surface area contributed by atoms with E-state index in [-0.39, 0.29) is 18.1 Å². The fraction of sp³-hybridized carbons (Fsp3) is 0.583. The Labute approximate surface area is 109 Å². The largest absolute Gasteiger partial charge is 0.469 e. The van der Waals surface area contributed by atoms with Crippen LogP contribution >= 0.6 is 15.9 Å². The first-order valence-corrected chi connectivity index (χ1v) is 6.77. The van der Waals surface area contributed by atoms with E-state index in [1.807, 2.05) is 18.7 Å². The minimum atomic E-state index is 0.0172. The Hall–Kier alpha value is -0.810. The molecule has 2 unspecified atom stereocenters. The van der Waals surface area contributed by atoms with Crippen molar-refractivity contribution in [3.05, 3.63) is 23.7 Å². The van der Waals surface area contributed by atoms with Gasteiger partial charge in [-0.1, -0.05) is 15.9 Å². The highest BCUT2D eigenvalue weighted by Crippen LogP contribution is 2.18. The highest BCUT2D eigenvalue weighted by atomic mass is 79.9. The van der Waals surface area contributed by atoms with Crippen molar-refractivity contribution in [3.8, 4) is 0 Å². The number of furan rings is 1. The number of halogens is 1. The maximum atomic E-state index is 12.3. The van der Waals surface area contributed by atoms with Gasteiger partial charge in [0.05, 0.1) is 24.3 Å². The van der Waals surface area contributed by atoms with Crippen LogP contribution in [0, 0.1) is 6.92 Å². The smallest absolute Gasteiger partial charge is 0.257 e. The lowest BCUT2D eigenvalue weighted by atomic mass is 10.1. The number of hydrogen-bond acceptors (Lipinski definition) is 3. The molecule has 1 fully saturated rings. The molecule has 2 heterocycles. The van der Waals surface area contributed by atoms with E-state index >= 15 is 0 Å². The van der Waals surface area contributed by atoms with E-state index in [2.05, 4.69) is 15.9 Å². The quantitative estimate of drug-likeness (QED) is 0.787. The maximum Gasteiger partial charge on any atom is 0.257 e. The lowest BCUT2D eigenvalue weighted by molar-refractivity contribution is -0.0361. The van der Waals surface area contributed by atoms with Gasteiger partial charge in [0.15, 0.2) is 0 Å². The van der Waals surface area contributed by atoms with E-state index in [1.165, 1.54) is 6.26 Å². The summed E-state index contributed by atoms with van der Waals surface area (Å²) in [6, 6.07) is 1.88. The third-order valence-corrected chi connectivity index (χ3v) is 3.64. The lowest BCUT2D eigenvalue weighted by Crippen LogP contribution is -2.51. The number of ether oxygens (including phenoxy) is 1. The topological polar surface area (TPSA) is 42.7 Å². The molecule has 4 nitrogen and oxygen atoms in total.